The summed E-state index contributed by atoms with van der Waals surface area (Å²) in [5.74, 6) is -1.60. The Morgan fingerprint density at radius 2 is 1.81 bits per heavy atom. The van der Waals surface area contributed by atoms with Gasteiger partial charge in [0.1, 0.15) is 10.7 Å². The second-order valence-electron chi connectivity index (χ2n) is 7.13. The molecular formula is C20H18FN3O6S. The quantitative estimate of drug-likeness (QED) is 0.748. The van der Waals surface area contributed by atoms with Crippen LogP contribution in [0.25, 0.3) is 0 Å². The number of carbonyl (C=O) groups excluding carboxylic acids is 3. The van der Waals surface area contributed by atoms with Crippen molar-refractivity contribution in [1.29, 1.82) is 0 Å². The van der Waals surface area contributed by atoms with Gasteiger partial charge < -0.3 is 9.64 Å². The zero-order valence-electron chi connectivity index (χ0n) is 16.2. The lowest BCUT2D eigenvalue weighted by Crippen LogP contribution is -2.42. The van der Waals surface area contributed by atoms with Crippen LogP contribution in [0, 0.1) is 5.82 Å². The minimum atomic E-state index is -4.12. The maximum absolute atomic E-state index is 13.8. The number of imide groups is 1. The van der Waals surface area contributed by atoms with E-state index in [1.807, 2.05) is 0 Å². The first kappa shape index (κ1) is 20.8. The maximum Gasteiger partial charge on any atom is 0.417 e. The molecule has 0 aromatic heterocycles. The summed E-state index contributed by atoms with van der Waals surface area (Å²) in [7, 11) is -4.12. The molecule has 11 heteroatoms. The van der Waals surface area contributed by atoms with E-state index in [-0.39, 0.29) is 24.7 Å². The average molecular weight is 447 g/mol. The van der Waals surface area contributed by atoms with Crippen LogP contribution in [0.1, 0.15) is 16.8 Å². The van der Waals surface area contributed by atoms with Crippen molar-refractivity contribution in [3.63, 3.8) is 0 Å². The molecule has 2 fully saturated rings. The van der Waals surface area contributed by atoms with Gasteiger partial charge in [0.15, 0.2) is 6.61 Å². The molecule has 2 aromatic rings. The molecule has 2 aromatic carbocycles. The van der Waals surface area contributed by atoms with E-state index in [1.54, 1.807) is 0 Å². The van der Waals surface area contributed by atoms with Gasteiger partial charge in [0.05, 0.1) is 6.04 Å². The highest BCUT2D eigenvalue weighted by atomic mass is 32.2. The number of ether oxygens (including phenoxy) is 1. The highest BCUT2D eigenvalue weighted by molar-refractivity contribution is 7.92. The van der Waals surface area contributed by atoms with Crippen LogP contribution in [0.15, 0.2) is 53.4 Å². The van der Waals surface area contributed by atoms with Crippen LogP contribution >= 0.6 is 0 Å². The maximum atomic E-state index is 13.8. The number of amides is 3. The zero-order valence-corrected chi connectivity index (χ0v) is 17.0. The van der Waals surface area contributed by atoms with Gasteiger partial charge in [-0.15, -0.1) is 0 Å². The Hall–Kier alpha value is -3.47. The zero-order chi connectivity index (χ0) is 22.2. The van der Waals surface area contributed by atoms with Gasteiger partial charge in [0.25, 0.3) is 21.8 Å². The third-order valence-corrected chi connectivity index (χ3v) is 6.53. The Balaban J connectivity index is 1.43. The third kappa shape index (κ3) is 4.08. The molecule has 2 heterocycles. The predicted octanol–water partition coefficient (Wildman–Crippen LogP) is 1.82. The standard InChI is InChI=1S/C20H18FN3O6S/c21-16-3-1-2-4-17(16)31(28,29)22-14-7-5-13(6-8-14)19(26)23-10-9-15(11-23)24-18(25)12-30-20(24)27/h1-8,15,22H,9-12H2. The predicted molar refractivity (Wildman–Crippen MR) is 106 cm³/mol. The minimum absolute atomic E-state index is 0.171. The molecule has 0 saturated carbocycles. The first-order valence-electron chi connectivity index (χ1n) is 9.42. The first-order valence-corrected chi connectivity index (χ1v) is 10.9. The van der Waals surface area contributed by atoms with Gasteiger partial charge >= 0.3 is 6.09 Å². The lowest BCUT2D eigenvalue weighted by atomic mass is 10.2. The summed E-state index contributed by atoms with van der Waals surface area (Å²) in [4.78, 5) is 38.3. The van der Waals surface area contributed by atoms with E-state index in [9.17, 15) is 27.2 Å². The fourth-order valence-corrected chi connectivity index (χ4v) is 4.73. The highest BCUT2D eigenvalue weighted by Crippen LogP contribution is 2.23. The number of likely N-dealkylation sites (tertiary alicyclic amines) is 1. The lowest BCUT2D eigenvalue weighted by Gasteiger charge is -2.20. The number of rotatable bonds is 5. The van der Waals surface area contributed by atoms with Crippen LogP contribution in [0.4, 0.5) is 14.9 Å². The van der Waals surface area contributed by atoms with Crippen molar-refractivity contribution in [3.05, 3.63) is 59.9 Å². The lowest BCUT2D eigenvalue weighted by molar-refractivity contribution is -0.127. The smallest absolute Gasteiger partial charge is 0.417 e. The van der Waals surface area contributed by atoms with Crippen molar-refractivity contribution >= 4 is 33.6 Å². The van der Waals surface area contributed by atoms with Crippen LogP contribution in [0.5, 0.6) is 0 Å². The fraction of sp³-hybridized carbons (Fsp3) is 0.250. The SMILES string of the molecule is O=C(c1ccc(NS(=O)(=O)c2ccccc2F)cc1)N1CCC(N2C(=O)COC2=O)C1. The number of carbonyl (C=O) groups is 3. The van der Waals surface area contributed by atoms with Crippen molar-refractivity contribution in [2.24, 2.45) is 0 Å². The Labute approximate surface area is 177 Å². The number of cyclic esters (lactones) is 1. The van der Waals surface area contributed by atoms with Gasteiger partial charge in [0.2, 0.25) is 0 Å². The molecule has 1 atom stereocenters. The third-order valence-electron chi connectivity index (χ3n) is 5.11. The van der Waals surface area contributed by atoms with Gasteiger partial charge in [-0.25, -0.2) is 22.5 Å². The summed E-state index contributed by atoms with van der Waals surface area (Å²) in [6, 6.07) is 10.3. The molecule has 9 nitrogen and oxygen atoms in total. The van der Waals surface area contributed by atoms with Gasteiger partial charge in [0, 0.05) is 24.3 Å². The van der Waals surface area contributed by atoms with Gasteiger partial charge in [-0.2, -0.15) is 0 Å². The summed E-state index contributed by atoms with van der Waals surface area (Å²) >= 11 is 0. The van der Waals surface area contributed by atoms with Crippen LogP contribution in [0.2, 0.25) is 0 Å². The Morgan fingerprint density at radius 3 is 2.45 bits per heavy atom. The first-order chi connectivity index (χ1) is 14.8. The van der Waals surface area contributed by atoms with Gasteiger partial charge in [-0.1, -0.05) is 12.1 Å². The van der Waals surface area contributed by atoms with E-state index < -0.39 is 38.8 Å². The molecule has 162 valence electrons. The van der Waals surface area contributed by atoms with Crippen molar-refractivity contribution in [2.45, 2.75) is 17.4 Å². The molecule has 1 unspecified atom stereocenters. The normalized spacial score (nSPS) is 18.9. The Bertz CT molecular complexity index is 1140. The number of hydrogen-bond donors (Lipinski definition) is 1. The van der Waals surface area contributed by atoms with Crippen molar-refractivity contribution in [3.8, 4) is 0 Å². The summed E-state index contributed by atoms with van der Waals surface area (Å²) < 4.78 is 45.5. The molecule has 2 aliphatic heterocycles. The molecule has 0 radical (unpaired) electrons. The second kappa shape index (κ2) is 7.99. The number of nitrogens with zero attached hydrogens (tertiary/aromatic N) is 2. The molecule has 1 N–H and O–H groups in total. The van der Waals surface area contributed by atoms with Crippen LogP contribution in [-0.2, 0) is 19.6 Å². The Morgan fingerprint density at radius 1 is 1.10 bits per heavy atom. The van der Waals surface area contributed by atoms with Gasteiger partial charge in [-0.05, 0) is 42.8 Å². The highest BCUT2D eigenvalue weighted by Gasteiger charge is 2.41. The summed E-state index contributed by atoms with van der Waals surface area (Å²) in [5.41, 5.74) is 0.481. The van der Waals surface area contributed by atoms with E-state index >= 15 is 0 Å². The minimum Gasteiger partial charge on any atom is -0.439 e. The average Bonchev–Trinajstić information content (AvgIpc) is 3.34. The number of hydrogen-bond acceptors (Lipinski definition) is 6. The van der Waals surface area contributed by atoms with Gasteiger partial charge in [-0.3, -0.25) is 14.3 Å². The second-order valence-corrected chi connectivity index (χ2v) is 8.78. The van der Waals surface area contributed by atoms with Crippen molar-refractivity contribution in [1.82, 2.24) is 9.80 Å². The molecule has 4 rings (SSSR count). The molecular weight excluding hydrogens is 429 g/mol. The van der Waals surface area contributed by atoms with E-state index in [4.69, 9.17) is 4.74 Å². The number of anilines is 1. The van der Waals surface area contributed by atoms with Crippen LogP contribution < -0.4 is 4.72 Å². The topological polar surface area (TPSA) is 113 Å². The Kier molecular flexibility index (Phi) is 5.36. The molecule has 0 spiro atoms. The van der Waals surface area contributed by atoms with Crippen molar-refractivity contribution in [2.75, 3.05) is 24.4 Å². The van der Waals surface area contributed by atoms with E-state index in [2.05, 4.69) is 4.72 Å². The van der Waals surface area contributed by atoms with E-state index in [0.717, 1.165) is 17.0 Å². The fourth-order valence-electron chi connectivity index (χ4n) is 3.59. The summed E-state index contributed by atoms with van der Waals surface area (Å²) in [5, 5.41) is 0. The number of sulfonamides is 1. The molecule has 2 aliphatic rings. The molecule has 2 saturated heterocycles. The van der Waals surface area contributed by atoms with Crippen molar-refractivity contribution < 1.29 is 31.9 Å². The van der Waals surface area contributed by atoms with Crippen LogP contribution in [0.3, 0.4) is 0 Å². The largest absolute Gasteiger partial charge is 0.439 e. The monoisotopic (exact) mass is 447 g/mol. The van der Waals surface area contributed by atoms with Crippen LogP contribution in [-0.4, -0.2) is 61.9 Å². The number of nitrogens with one attached hydrogen (secondary N) is 1. The van der Waals surface area contributed by atoms with E-state index in [1.165, 1.54) is 41.3 Å². The van der Waals surface area contributed by atoms with E-state index in [0.29, 0.717) is 18.5 Å². The molecule has 0 aliphatic carbocycles. The number of halogens is 1. The molecule has 31 heavy (non-hydrogen) atoms. The summed E-state index contributed by atoms with van der Waals surface area (Å²) in [6.45, 7) is 0.275. The molecule has 3 amide bonds. The molecule has 0 bridgehead atoms. The number of benzene rings is 2. The summed E-state index contributed by atoms with van der Waals surface area (Å²) in [6.07, 6.45) is -0.247.